The fourth-order valence-corrected chi connectivity index (χ4v) is 0. The van der Waals surface area contributed by atoms with Crippen molar-refractivity contribution in [2.45, 2.75) is 0 Å². The number of thiol groups is 3. The lowest BCUT2D eigenvalue weighted by Crippen LogP contribution is -1.28. The van der Waals surface area contributed by atoms with Crippen molar-refractivity contribution < 1.29 is 0 Å². The van der Waals surface area contributed by atoms with Crippen LogP contribution in [0.25, 0.3) is 0 Å². The summed E-state index contributed by atoms with van der Waals surface area (Å²) in [4.78, 5) is 0. The molecule has 38 valence electrons. The molecule has 0 aromatic carbocycles. The molecule has 0 fully saturated rings. The highest BCUT2D eigenvalue weighted by Gasteiger charge is 1.97. The van der Waals surface area contributed by atoms with Gasteiger partial charge in [0.15, 0.2) is 0 Å². The molecule has 0 amide bonds. The molecule has 0 saturated carbocycles. The number of hydrogen-bond donors (Lipinski definition) is 3. The van der Waals surface area contributed by atoms with Crippen LogP contribution in [-0.4, -0.2) is 0 Å². The monoisotopic (exact) mass is 194 g/mol. The molecule has 0 rings (SSSR count). The summed E-state index contributed by atoms with van der Waals surface area (Å²) in [6, 6.07) is 0. The lowest BCUT2D eigenvalue weighted by Gasteiger charge is -1.96. The predicted molar refractivity (Wildman–Crippen MR) is 48.8 cm³/mol. The van der Waals surface area contributed by atoms with Gasteiger partial charge in [0.25, 0.3) is 0 Å². The first-order chi connectivity index (χ1) is 2.56. The Morgan fingerprint density at radius 1 is 1.50 bits per heavy atom. The first-order valence-corrected chi connectivity index (χ1v) is 8.53. The van der Waals surface area contributed by atoms with Gasteiger partial charge in [-0.1, -0.05) is 11.8 Å². The van der Waals surface area contributed by atoms with Gasteiger partial charge in [0.2, 0.25) is 0 Å². The van der Waals surface area contributed by atoms with Crippen LogP contribution in [0.2, 0.25) is 0 Å². The van der Waals surface area contributed by atoms with Gasteiger partial charge in [-0.25, -0.2) is 0 Å². The van der Waals surface area contributed by atoms with Gasteiger partial charge in [0, 0.05) is 0 Å². The molecule has 0 radical (unpaired) electrons. The van der Waals surface area contributed by atoms with Crippen molar-refractivity contribution in [3.63, 3.8) is 0 Å². The molecule has 0 atom stereocenters. The summed E-state index contributed by atoms with van der Waals surface area (Å²) < 4.78 is -1.64. The number of rotatable bonds is 1. The van der Waals surface area contributed by atoms with Crippen LogP contribution in [0.4, 0.5) is 0 Å². The van der Waals surface area contributed by atoms with Crippen molar-refractivity contribution in [1.29, 1.82) is 0 Å². The van der Waals surface area contributed by atoms with Gasteiger partial charge in [-0.05, 0) is 10.4 Å². The van der Waals surface area contributed by atoms with Crippen molar-refractivity contribution in [3.05, 3.63) is 0 Å². The zero-order valence-corrected chi connectivity index (χ0v) is 7.82. The molecular weight excluding hydrogens is 191 g/mol. The Bertz CT molecular complexity index is 68.0. The third kappa shape index (κ3) is 6.05. The summed E-state index contributed by atoms with van der Waals surface area (Å²) in [5, 5.41) is 0. The highest BCUT2D eigenvalue weighted by molar-refractivity contribution is 9.28. The van der Waals surface area contributed by atoms with E-state index in [1.165, 1.54) is 10.4 Å². The SMILES string of the molecule is S=P(S)(S)SS. The Morgan fingerprint density at radius 3 is 1.67 bits per heavy atom. The molecule has 0 aromatic rings. The topological polar surface area (TPSA) is 0 Å². The molecular formula is H3PS5. The molecule has 0 heterocycles. The van der Waals surface area contributed by atoms with Crippen molar-refractivity contribution in [1.82, 2.24) is 0 Å². The third-order valence-corrected chi connectivity index (χ3v) is 8.62. The quantitative estimate of drug-likeness (QED) is 0.333. The second-order valence-electron chi connectivity index (χ2n) is 0.572. The molecule has 0 saturated heterocycles. The standard InChI is InChI=1S/H3PS5/c2-1(3,4)6-5/h5H,(H2,2,3,4). The van der Waals surface area contributed by atoms with Crippen LogP contribution in [0.5, 0.6) is 0 Å². The first-order valence-electron chi connectivity index (χ1n) is 0.948. The van der Waals surface area contributed by atoms with Gasteiger partial charge in [-0.15, -0.1) is 36.2 Å². The largest absolute Gasteiger partial charge is 0.121 e. The van der Waals surface area contributed by atoms with Crippen molar-refractivity contribution in [2.75, 3.05) is 0 Å². The van der Waals surface area contributed by atoms with Crippen LogP contribution in [0.1, 0.15) is 0 Å². The molecule has 6 heavy (non-hydrogen) atoms. The Kier molecular flexibility index (Phi) is 4.23. The van der Waals surface area contributed by atoms with Crippen molar-refractivity contribution in [2.24, 2.45) is 0 Å². The third-order valence-electron chi connectivity index (χ3n) is 0.106. The zero-order chi connectivity index (χ0) is 5.21. The molecule has 0 bridgehead atoms. The Labute approximate surface area is 61.7 Å². The summed E-state index contributed by atoms with van der Waals surface area (Å²) in [6.07, 6.45) is 0. The maximum Gasteiger partial charge on any atom is 0.113 e. The van der Waals surface area contributed by atoms with Gasteiger partial charge in [0.05, 0.1) is 0 Å². The lowest BCUT2D eigenvalue weighted by atomic mass is 29.5. The van der Waals surface area contributed by atoms with Gasteiger partial charge in [-0.2, -0.15) is 0 Å². The van der Waals surface area contributed by atoms with E-state index in [2.05, 4.69) is 36.2 Å². The second-order valence-corrected chi connectivity index (χ2v) is 15.5. The fourth-order valence-electron chi connectivity index (χ4n) is 0. The molecule has 0 aliphatic carbocycles. The molecule has 0 aliphatic heterocycles. The molecule has 0 aromatic heterocycles. The molecule has 0 N–H and O–H groups in total. The van der Waals surface area contributed by atoms with Crippen LogP contribution in [0.3, 0.4) is 0 Å². The van der Waals surface area contributed by atoms with E-state index in [9.17, 15) is 0 Å². The average molecular weight is 194 g/mol. The second kappa shape index (κ2) is 3.15. The predicted octanol–water partition coefficient (Wildman–Crippen LogP) is 2.65. The molecule has 0 spiro atoms. The summed E-state index contributed by atoms with van der Waals surface area (Å²) >= 11 is 16.4. The maximum atomic E-state index is 4.71. The van der Waals surface area contributed by atoms with Crippen molar-refractivity contribution in [3.8, 4) is 0 Å². The minimum atomic E-state index is -1.64. The summed E-state index contributed by atoms with van der Waals surface area (Å²) in [7, 11) is 1.23. The molecule has 0 unspecified atom stereocenters. The van der Waals surface area contributed by atoms with Gasteiger partial charge in [0.1, 0.15) is 3.64 Å². The van der Waals surface area contributed by atoms with Crippen molar-refractivity contribution >= 4 is 62.0 Å². The Morgan fingerprint density at radius 2 is 1.67 bits per heavy atom. The van der Waals surface area contributed by atoms with Crippen LogP contribution >= 0.6 is 50.2 Å². The molecule has 0 nitrogen and oxygen atoms in total. The van der Waals surface area contributed by atoms with E-state index in [1.54, 1.807) is 0 Å². The first kappa shape index (κ1) is 8.05. The summed E-state index contributed by atoms with van der Waals surface area (Å²) in [6.45, 7) is 0. The normalized spacial score (nSPS) is 11.8. The van der Waals surface area contributed by atoms with E-state index in [0.29, 0.717) is 0 Å². The van der Waals surface area contributed by atoms with E-state index in [0.717, 1.165) is 0 Å². The fraction of sp³-hybridized carbons (Fsp3) is 0. The number of hydrogen-bond acceptors (Lipinski definition) is 3. The van der Waals surface area contributed by atoms with Gasteiger partial charge < -0.3 is 0 Å². The smallest absolute Gasteiger partial charge is 0.113 e. The highest BCUT2D eigenvalue weighted by atomic mass is 33.6. The summed E-state index contributed by atoms with van der Waals surface area (Å²) in [5.74, 6) is 0. The van der Waals surface area contributed by atoms with Gasteiger partial charge >= 0.3 is 0 Å². The van der Waals surface area contributed by atoms with Crippen LogP contribution in [0, 0.1) is 0 Å². The zero-order valence-electron chi connectivity index (χ0n) is 2.61. The van der Waals surface area contributed by atoms with Crippen LogP contribution < -0.4 is 0 Å². The lowest BCUT2D eigenvalue weighted by molar-refractivity contribution is 5.28. The summed E-state index contributed by atoms with van der Waals surface area (Å²) in [5.41, 5.74) is 0. The minimum Gasteiger partial charge on any atom is -0.121 e. The van der Waals surface area contributed by atoms with Gasteiger partial charge in [-0.3, -0.25) is 0 Å². The van der Waals surface area contributed by atoms with E-state index >= 15 is 0 Å². The average Bonchev–Trinajstić information content (AvgIpc) is 1.35. The van der Waals surface area contributed by atoms with E-state index in [4.69, 9.17) is 11.8 Å². The minimum absolute atomic E-state index is 1.23. The van der Waals surface area contributed by atoms with Crippen LogP contribution in [0.15, 0.2) is 0 Å². The Balaban J connectivity index is 3.48. The highest BCUT2D eigenvalue weighted by Crippen LogP contribution is 2.68. The van der Waals surface area contributed by atoms with E-state index in [1.807, 2.05) is 0 Å². The Hall–Kier alpha value is 2.05. The molecule has 0 aliphatic rings. The van der Waals surface area contributed by atoms with Crippen LogP contribution in [-0.2, 0) is 11.8 Å². The maximum absolute atomic E-state index is 4.71. The van der Waals surface area contributed by atoms with E-state index < -0.39 is 3.64 Å². The van der Waals surface area contributed by atoms with E-state index in [-0.39, 0.29) is 0 Å². The molecule has 6 heteroatoms.